The lowest BCUT2D eigenvalue weighted by Gasteiger charge is -2.24. The van der Waals surface area contributed by atoms with Gasteiger partial charge in [0.1, 0.15) is 5.41 Å². The summed E-state index contributed by atoms with van der Waals surface area (Å²) < 4.78 is 5.47. The summed E-state index contributed by atoms with van der Waals surface area (Å²) in [5.74, 6) is 0.0161. The topological polar surface area (TPSA) is 53.3 Å². The van der Waals surface area contributed by atoms with E-state index >= 15 is 0 Å². The monoisotopic (exact) mass is 208 g/mol. The molecule has 0 radical (unpaired) electrons. The first kappa shape index (κ1) is 10.4. The molecule has 0 aromatic carbocycles. The first-order valence-electron chi connectivity index (χ1n) is 5.50. The standard InChI is InChI=1S/C11H16N2O2/c1-9-7-13(5-2-6-15-9)10(14)11(8-12)3-4-11/h9H,2-7H2,1H3. The van der Waals surface area contributed by atoms with E-state index in [9.17, 15) is 4.79 Å². The van der Waals surface area contributed by atoms with Gasteiger partial charge in [-0.15, -0.1) is 0 Å². The number of nitrogens with zero attached hydrogens (tertiary/aromatic N) is 2. The number of amides is 1. The van der Waals surface area contributed by atoms with E-state index in [1.807, 2.05) is 6.92 Å². The molecule has 2 aliphatic rings. The molecule has 1 saturated heterocycles. The zero-order chi connectivity index (χ0) is 10.9. The Morgan fingerprint density at radius 3 is 2.93 bits per heavy atom. The number of hydrogen-bond donors (Lipinski definition) is 0. The van der Waals surface area contributed by atoms with Crippen molar-refractivity contribution in [2.45, 2.75) is 32.3 Å². The molecule has 1 heterocycles. The van der Waals surface area contributed by atoms with E-state index in [2.05, 4.69) is 6.07 Å². The van der Waals surface area contributed by atoms with Gasteiger partial charge in [-0.3, -0.25) is 4.79 Å². The van der Waals surface area contributed by atoms with Crippen molar-refractivity contribution in [3.05, 3.63) is 0 Å². The third-order valence-corrected chi connectivity index (χ3v) is 3.11. The van der Waals surface area contributed by atoms with E-state index < -0.39 is 5.41 Å². The Kier molecular flexibility index (Phi) is 2.66. The predicted molar refractivity (Wildman–Crippen MR) is 53.9 cm³/mol. The van der Waals surface area contributed by atoms with Gasteiger partial charge in [-0.1, -0.05) is 0 Å². The first-order valence-corrected chi connectivity index (χ1v) is 5.50. The van der Waals surface area contributed by atoms with E-state index in [1.54, 1.807) is 4.90 Å². The Morgan fingerprint density at radius 2 is 2.33 bits per heavy atom. The highest BCUT2D eigenvalue weighted by molar-refractivity contribution is 5.88. The zero-order valence-electron chi connectivity index (χ0n) is 9.03. The molecule has 1 atom stereocenters. The smallest absolute Gasteiger partial charge is 0.243 e. The molecule has 1 saturated carbocycles. The highest BCUT2D eigenvalue weighted by atomic mass is 16.5. The molecule has 0 N–H and O–H groups in total. The molecule has 1 unspecified atom stereocenters. The fourth-order valence-electron chi connectivity index (χ4n) is 1.98. The van der Waals surface area contributed by atoms with Crippen molar-refractivity contribution in [1.82, 2.24) is 4.90 Å². The van der Waals surface area contributed by atoms with Gasteiger partial charge in [0.2, 0.25) is 5.91 Å². The van der Waals surface area contributed by atoms with Gasteiger partial charge < -0.3 is 9.64 Å². The third kappa shape index (κ3) is 1.98. The van der Waals surface area contributed by atoms with E-state index in [0.29, 0.717) is 13.2 Å². The molecule has 2 rings (SSSR count). The third-order valence-electron chi connectivity index (χ3n) is 3.11. The van der Waals surface area contributed by atoms with Crippen molar-refractivity contribution in [3.8, 4) is 6.07 Å². The average Bonchev–Trinajstić information content (AvgIpc) is 3.02. The Labute approximate surface area is 89.8 Å². The molecule has 82 valence electrons. The lowest BCUT2D eigenvalue weighted by molar-refractivity contribution is -0.135. The molecule has 0 aromatic rings. The number of carbonyl (C=O) groups excluding carboxylic acids is 1. The largest absolute Gasteiger partial charge is 0.377 e. The lowest BCUT2D eigenvalue weighted by atomic mass is 10.1. The van der Waals surface area contributed by atoms with Crippen LogP contribution in [-0.2, 0) is 9.53 Å². The molecular weight excluding hydrogens is 192 g/mol. The average molecular weight is 208 g/mol. The normalized spacial score (nSPS) is 29.1. The van der Waals surface area contributed by atoms with Crippen molar-refractivity contribution >= 4 is 5.91 Å². The van der Waals surface area contributed by atoms with Crippen molar-refractivity contribution in [3.63, 3.8) is 0 Å². The Bertz CT molecular complexity index is 304. The molecule has 4 heteroatoms. The van der Waals surface area contributed by atoms with Gasteiger partial charge in [0.05, 0.1) is 12.2 Å². The Hall–Kier alpha value is -1.08. The number of rotatable bonds is 1. The molecular formula is C11H16N2O2. The first-order chi connectivity index (χ1) is 7.18. The zero-order valence-corrected chi connectivity index (χ0v) is 9.03. The second-order valence-corrected chi connectivity index (χ2v) is 4.48. The van der Waals surface area contributed by atoms with Crippen LogP contribution in [0.5, 0.6) is 0 Å². The van der Waals surface area contributed by atoms with Crippen LogP contribution in [0.3, 0.4) is 0 Å². The second-order valence-electron chi connectivity index (χ2n) is 4.48. The summed E-state index contributed by atoms with van der Waals surface area (Å²) >= 11 is 0. The number of carbonyl (C=O) groups is 1. The molecule has 1 aliphatic heterocycles. The van der Waals surface area contributed by atoms with Gasteiger partial charge in [0.25, 0.3) is 0 Å². The van der Waals surface area contributed by atoms with Crippen molar-refractivity contribution < 1.29 is 9.53 Å². The predicted octanol–water partition coefficient (Wildman–Crippen LogP) is 0.928. The van der Waals surface area contributed by atoms with Crippen LogP contribution in [-0.4, -0.2) is 36.6 Å². The maximum atomic E-state index is 12.1. The molecule has 0 aromatic heterocycles. The van der Waals surface area contributed by atoms with Crippen LogP contribution in [0.4, 0.5) is 0 Å². The molecule has 15 heavy (non-hydrogen) atoms. The number of nitriles is 1. The van der Waals surface area contributed by atoms with Crippen LogP contribution in [0, 0.1) is 16.7 Å². The van der Waals surface area contributed by atoms with Crippen LogP contribution >= 0.6 is 0 Å². The maximum Gasteiger partial charge on any atom is 0.243 e. The van der Waals surface area contributed by atoms with Crippen molar-refractivity contribution in [1.29, 1.82) is 5.26 Å². The Balaban J connectivity index is 2.03. The molecule has 1 aliphatic carbocycles. The van der Waals surface area contributed by atoms with E-state index in [1.165, 1.54) is 0 Å². The fraction of sp³-hybridized carbons (Fsp3) is 0.818. The summed E-state index contributed by atoms with van der Waals surface area (Å²) in [6, 6.07) is 2.15. The summed E-state index contributed by atoms with van der Waals surface area (Å²) in [5.41, 5.74) is -0.677. The summed E-state index contributed by atoms with van der Waals surface area (Å²) in [6.07, 6.45) is 2.42. The lowest BCUT2D eigenvalue weighted by Crippen LogP contribution is -2.40. The molecule has 4 nitrogen and oxygen atoms in total. The Morgan fingerprint density at radius 1 is 1.60 bits per heavy atom. The van der Waals surface area contributed by atoms with Crippen LogP contribution in [0.2, 0.25) is 0 Å². The SMILES string of the molecule is CC1CN(C(=O)C2(C#N)CC2)CCCO1. The van der Waals surface area contributed by atoms with E-state index in [-0.39, 0.29) is 12.0 Å². The van der Waals surface area contributed by atoms with Crippen LogP contribution in [0.1, 0.15) is 26.2 Å². The van der Waals surface area contributed by atoms with E-state index in [0.717, 1.165) is 25.8 Å². The summed E-state index contributed by atoms with van der Waals surface area (Å²) in [6.45, 7) is 4.04. The number of hydrogen-bond acceptors (Lipinski definition) is 3. The minimum atomic E-state index is -0.677. The molecule has 0 spiro atoms. The van der Waals surface area contributed by atoms with Gasteiger partial charge in [0, 0.05) is 19.7 Å². The minimum Gasteiger partial charge on any atom is -0.377 e. The quantitative estimate of drug-likeness (QED) is 0.644. The van der Waals surface area contributed by atoms with Crippen molar-refractivity contribution in [2.24, 2.45) is 5.41 Å². The maximum absolute atomic E-state index is 12.1. The van der Waals surface area contributed by atoms with Gasteiger partial charge >= 0.3 is 0 Å². The summed E-state index contributed by atoms with van der Waals surface area (Å²) in [7, 11) is 0. The van der Waals surface area contributed by atoms with Crippen LogP contribution < -0.4 is 0 Å². The van der Waals surface area contributed by atoms with Crippen LogP contribution in [0.15, 0.2) is 0 Å². The van der Waals surface area contributed by atoms with Crippen molar-refractivity contribution in [2.75, 3.05) is 19.7 Å². The minimum absolute atomic E-state index is 0.0161. The molecule has 2 fully saturated rings. The summed E-state index contributed by atoms with van der Waals surface area (Å²) in [4.78, 5) is 13.9. The van der Waals surface area contributed by atoms with E-state index in [4.69, 9.17) is 10.00 Å². The van der Waals surface area contributed by atoms with Gasteiger partial charge in [-0.2, -0.15) is 5.26 Å². The van der Waals surface area contributed by atoms with Gasteiger partial charge in [-0.05, 0) is 26.2 Å². The molecule has 0 bridgehead atoms. The highest BCUT2D eigenvalue weighted by Gasteiger charge is 2.52. The van der Waals surface area contributed by atoms with Crippen LogP contribution in [0.25, 0.3) is 0 Å². The highest BCUT2D eigenvalue weighted by Crippen LogP contribution is 2.46. The van der Waals surface area contributed by atoms with Gasteiger partial charge in [-0.25, -0.2) is 0 Å². The second kappa shape index (κ2) is 3.82. The molecule has 1 amide bonds. The van der Waals surface area contributed by atoms with Gasteiger partial charge in [0.15, 0.2) is 0 Å². The summed E-state index contributed by atoms with van der Waals surface area (Å²) in [5, 5.41) is 8.97. The number of ether oxygens (including phenoxy) is 1. The fourth-order valence-corrected chi connectivity index (χ4v) is 1.98.